The number of ketones is 2. The van der Waals surface area contributed by atoms with Crippen LogP contribution in [0.1, 0.15) is 16.8 Å². The Balaban J connectivity index is 2.74. The van der Waals surface area contributed by atoms with E-state index in [4.69, 9.17) is 11.6 Å². The van der Waals surface area contributed by atoms with E-state index in [1.807, 2.05) is 0 Å². The van der Waals surface area contributed by atoms with Crippen LogP contribution in [0.5, 0.6) is 0 Å². The summed E-state index contributed by atoms with van der Waals surface area (Å²) in [4.78, 5) is 32.1. The van der Waals surface area contributed by atoms with E-state index in [1.54, 1.807) is 0 Å². The second kappa shape index (κ2) is 4.70. The summed E-state index contributed by atoms with van der Waals surface area (Å²) in [5.74, 6) is -3.65. The van der Waals surface area contributed by atoms with Crippen LogP contribution in [0.25, 0.3) is 0 Å². The average Bonchev–Trinajstić information content (AvgIpc) is 2.18. The molecule has 15 heavy (non-hydrogen) atoms. The van der Waals surface area contributed by atoms with Gasteiger partial charge in [0.05, 0.1) is 6.42 Å². The van der Waals surface area contributed by atoms with Gasteiger partial charge in [-0.2, -0.15) is 0 Å². The van der Waals surface area contributed by atoms with Crippen molar-refractivity contribution in [1.29, 1.82) is 0 Å². The van der Waals surface area contributed by atoms with Gasteiger partial charge in [0, 0.05) is 10.6 Å². The molecule has 0 amide bonds. The Bertz CT molecular complexity index is 408. The van der Waals surface area contributed by atoms with Crippen LogP contribution >= 0.6 is 11.6 Å². The van der Waals surface area contributed by atoms with Gasteiger partial charge < -0.3 is 9.90 Å². The lowest BCUT2D eigenvalue weighted by atomic mass is 10.1. The fourth-order valence-corrected chi connectivity index (χ4v) is 1.08. The molecular formula is C10H6ClO4-. The van der Waals surface area contributed by atoms with Crippen molar-refractivity contribution in [2.45, 2.75) is 6.42 Å². The van der Waals surface area contributed by atoms with Gasteiger partial charge >= 0.3 is 0 Å². The third kappa shape index (κ3) is 3.18. The number of hydrogen-bond acceptors (Lipinski definition) is 4. The first kappa shape index (κ1) is 11.4. The number of carbonyl (C=O) groups excluding carboxylic acids is 3. The van der Waals surface area contributed by atoms with E-state index in [-0.39, 0.29) is 5.56 Å². The molecule has 0 fully saturated rings. The zero-order chi connectivity index (χ0) is 11.4. The normalized spacial score (nSPS) is 9.67. The molecule has 0 aromatic heterocycles. The molecule has 0 heterocycles. The number of rotatable bonds is 4. The Hall–Kier alpha value is -1.68. The molecule has 0 saturated heterocycles. The smallest absolute Gasteiger partial charge is 0.185 e. The number of hydrogen-bond donors (Lipinski definition) is 0. The summed E-state index contributed by atoms with van der Waals surface area (Å²) in [5.41, 5.74) is 0.244. The van der Waals surface area contributed by atoms with Crippen molar-refractivity contribution < 1.29 is 19.5 Å². The molecule has 1 aromatic rings. The van der Waals surface area contributed by atoms with Crippen LogP contribution in [-0.2, 0) is 9.59 Å². The van der Waals surface area contributed by atoms with Crippen LogP contribution in [0, 0.1) is 0 Å². The maximum absolute atomic E-state index is 11.3. The largest absolute Gasteiger partial charge is 0.542 e. The van der Waals surface area contributed by atoms with Gasteiger partial charge in [-0.1, -0.05) is 11.6 Å². The first-order valence-corrected chi connectivity index (χ1v) is 4.41. The molecule has 0 saturated carbocycles. The van der Waals surface area contributed by atoms with E-state index in [0.717, 1.165) is 0 Å². The molecule has 0 N–H and O–H groups in total. The van der Waals surface area contributed by atoms with Crippen molar-refractivity contribution >= 4 is 29.1 Å². The highest BCUT2D eigenvalue weighted by atomic mass is 35.5. The van der Waals surface area contributed by atoms with E-state index in [2.05, 4.69) is 0 Å². The molecule has 0 aliphatic carbocycles. The molecule has 0 bridgehead atoms. The van der Waals surface area contributed by atoms with Crippen molar-refractivity contribution in [2.75, 3.05) is 0 Å². The molecule has 0 aliphatic heterocycles. The predicted octanol–water partition coefficient (Wildman–Crippen LogP) is 0.232. The highest BCUT2D eigenvalue weighted by molar-refractivity contribution is 6.36. The molecule has 1 aromatic carbocycles. The van der Waals surface area contributed by atoms with Crippen molar-refractivity contribution in [3.8, 4) is 0 Å². The molecule has 1 rings (SSSR count). The molecule has 5 heteroatoms. The third-order valence-corrected chi connectivity index (χ3v) is 1.97. The topological polar surface area (TPSA) is 74.3 Å². The van der Waals surface area contributed by atoms with Gasteiger partial charge in [0.25, 0.3) is 0 Å². The summed E-state index contributed by atoms with van der Waals surface area (Å²) in [7, 11) is 0. The lowest BCUT2D eigenvalue weighted by Crippen LogP contribution is -2.32. The van der Waals surface area contributed by atoms with E-state index in [1.165, 1.54) is 24.3 Å². The van der Waals surface area contributed by atoms with Crippen molar-refractivity contribution in [3.63, 3.8) is 0 Å². The van der Waals surface area contributed by atoms with Crippen molar-refractivity contribution in [1.82, 2.24) is 0 Å². The van der Waals surface area contributed by atoms with Gasteiger partial charge in [0.1, 0.15) is 5.97 Å². The van der Waals surface area contributed by atoms with Crippen LogP contribution < -0.4 is 5.11 Å². The average molecular weight is 226 g/mol. The molecular weight excluding hydrogens is 220 g/mol. The summed E-state index contributed by atoms with van der Waals surface area (Å²) in [5, 5.41) is 10.5. The summed E-state index contributed by atoms with van der Waals surface area (Å²) in [6.07, 6.45) is -0.691. The van der Waals surface area contributed by atoms with E-state index >= 15 is 0 Å². The highest BCUT2D eigenvalue weighted by Crippen LogP contribution is 2.11. The zero-order valence-electron chi connectivity index (χ0n) is 7.53. The van der Waals surface area contributed by atoms with Crippen LogP contribution in [0.3, 0.4) is 0 Å². The minimum absolute atomic E-state index is 0.244. The Morgan fingerprint density at radius 1 is 1.13 bits per heavy atom. The van der Waals surface area contributed by atoms with Gasteiger partial charge in [-0.15, -0.1) is 0 Å². The Kier molecular flexibility index (Phi) is 3.57. The number of aliphatic carboxylic acids is 1. The number of halogens is 1. The summed E-state index contributed by atoms with van der Waals surface area (Å²) in [6, 6.07) is 5.82. The summed E-state index contributed by atoms with van der Waals surface area (Å²) in [6.45, 7) is 0. The molecule has 0 unspecified atom stereocenters. The minimum Gasteiger partial charge on any atom is -0.542 e. The van der Waals surface area contributed by atoms with Gasteiger partial charge in [0.2, 0.25) is 0 Å². The molecule has 0 aliphatic rings. The first-order chi connectivity index (χ1) is 7.00. The molecule has 0 radical (unpaired) electrons. The van der Waals surface area contributed by atoms with Crippen LogP contribution in [0.15, 0.2) is 24.3 Å². The Morgan fingerprint density at radius 3 is 2.13 bits per heavy atom. The summed E-state index contributed by atoms with van der Waals surface area (Å²) < 4.78 is 0. The maximum Gasteiger partial charge on any atom is 0.185 e. The van der Waals surface area contributed by atoms with Crippen molar-refractivity contribution in [2.24, 2.45) is 0 Å². The SMILES string of the molecule is O=C([O-])C(=O)CC(=O)c1ccc(Cl)cc1. The molecule has 78 valence electrons. The molecule has 0 spiro atoms. The first-order valence-electron chi connectivity index (χ1n) is 4.03. The van der Waals surface area contributed by atoms with Crippen molar-refractivity contribution in [3.05, 3.63) is 34.9 Å². The van der Waals surface area contributed by atoms with Gasteiger partial charge in [-0.3, -0.25) is 9.59 Å². The standard InChI is InChI=1S/C10H7ClO4/c11-7-3-1-6(2-4-7)8(12)5-9(13)10(14)15/h1-4H,5H2,(H,14,15)/p-1. The fraction of sp³-hybridized carbons (Fsp3) is 0.100. The fourth-order valence-electron chi connectivity index (χ4n) is 0.956. The number of carboxylic acids is 1. The monoisotopic (exact) mass is 225 g/mol. The zero-order valence-corrected chi connectivity index (χ0v) is 8.28. The quantitative estimate of drug-likeness (QED) is 0.418. The third-order valence-electron chi connectivity index (χ3n) is 1.71. The van der Waals surface area contributed by atoms with Gasteiger partial charge in [-0.25, -0.2) is 0 Å². The van der Waals surface area contributed by atoms with Gasteiger partial charge in [0.15, 0.2) is 11.6 Å². The minimum atomic E-state index is -1.85. The summed E-state index contributed by atoms with van der Waals surface area (Å²) >= 11 is 5.59. The number of Topliss-reactive ketones (excluding diaryl/α,β-unsaturated/α-hetero) is 2. The number of carboxylic acid groups (broad SMARTS) is 1. The number of carbonyl (C=O) groups is 3. The van der Waals surface area contributed by atoms with E-state index in [0.29, 0.717) is 5.02 Å². The predicted molar refractivity (Wildman–Crippen MR) is 50.4 cm³/mol. The van der Waals surface area contributed by atoms with Crippen LogP contribution in [0.4, 0.5) is 0 Å². The second-order valence-corrected chi connectivity index (χ2v) is 3.25. The molecule has 4 nitrogen and oxygen atoms in total. The van der Waals surface area contributed by atoms with E-state index in [9.17, 15) is 19.5 Å². The molecule has 0 atom stereocenters. The van der Waals surface area contributed by atoms with Crippen LogP contribution in [0.2, 0.25) is 5.02 Å². The lowest BCUT2D eigenvalue weighted by molar-refractivity contribution is -0.299. The van der Waals surface area contributed by atoms with E-state index < -0.39 is 24.0 Å². The van der Waals surface area contributed by atoms with Gasteiger partial charge in [-0.05, 0) is 24.3 Å². The Morgan fingerprint density at radius 2 is 1.67 bits per heavy atom. The van der Waals surface area contributed by atoms with Crippen LogP contribution in [-0.4, -0.2) is 17.5 Å². The maximum atomic E-state index is 11.3. The number of benzene rings is 1. The highest BCUT2D eigenvalue weighted by Gasteiger charge is 2.12. The lowest BCUT2D eigenvalue weighted by Gasteiger charge is -2.01. The second-order valence-electron chi connectivity index (χ2n) is 2.82. The Labute approximate surface area is 90.5 Å².